The summed E-state index contributed by atoms with van der Waals surface area (Å²) >= 11 is 0. The topological polar surface area (TPSA) is 74.5 Å². The molecule has 1 N–H and O–H groups in total. The predicted molar refractivity (Wildman–Crippen MR) is 102 cm³/mol. The van der Waals surface area contributed by atoms with E-state index >= 15 is 0 Å². The maximum Gasteiger partial charge on any atom is 0.271 e. The molecule has 2 rings (SSSR count). The summed E-state index contributed by atoms with van der Waals surface area (Å²) in [5.74, 6) is 0.420. The van der Waals surface area contributed by atoms with E-state index in [2.05, 4.69) is 17.5 Å². The molecule has 0 aromatic heterocycles. The lowest BCUT2D eigenvalue weighted by Gasteiger charge is -2.08. The van der Waals surface area contributed by atoms with Gasteiger partial charge in [0.1, 0.15) is 5.75 Å². The van der Waals surface area contributed by atoms with Crippen molar-refractivity contribution < 1.29 is 9.53 Å². The molecular formula is C21H23N3O2. The van der Waals surface area contributed by atoms with Gasteiger partial charge in [0.25, 0.3) is 5.91 Å². The number of carbonyl (C=O) groups is 1. The van der Waals surface area contributed by atoms with Crippen molar-refractivity contribution in [2.45, 2.75) is 32.6 Å². The van der Waals surface area contributed by atoms with Crippen LogP contribution in [0.15, 0.2) is 53.6 Å². The van der Waals surface area contributed by atoms with Crippen molar-refractivity contribution in [2.75, 3.05) is 6.61 Å². The van der Waals surface area contributed by atoms with E-state index in [4.69, 9.17) is 10.00 Å². The molecule has 2 aromatic rings. The maximum absolute atomic E-state index is 12.1. The van der Waals surface area contributed by atoms with E-state index < -0.39 is 0 Å². The van der Waals surface area contributed by atoms with Crippen LogP contribution in [0.25, 0.3) is 0 Å². The predicted octanol–water partition coefficient (Wildman–Crippen LogP) is 4.28. The summed E-state index contributed by atoms with van der Waals surface area (Å²) in [6, 6.07) is 16.0. The molecule has 0 atom stereocenters. The third-order valence-corrected chi connectivity index (χ3v) is 3.82. The highest BCUT2D eigenvalue weighted by molar-refractivity contribution is 5.95. The monoisotopic (exact) mass is 349 g/mol. The van der Waals surface area contributed by atoms with E-state index in [1.54, 1.807) is 30.5 Å². The Morgan fingerprint density at radius 1 is 1.15 bits per heavy atom. The number of ether oxygens (including phenoxy) is 1. The molecule has 5 heteroatoms. The minimum Gasteiger partial charge on any atom is -0.493 e. The number of benzene rings is 2. The highest BCUT2D eigenvalue weighted by Crippen LogP contribution is 2.16. The summed E-state index contributed by atoms with van der Waals surface area (Å²) in [6.07, 6.45) is 6.17. The van der Waals surface area contributed by atoms with Crippen LogP contribution >= 0.6 is 0 Å². The number of nitrogens with zero attached hydrogens (tertiary/aromatic N) is 2. The van der Waals surface area contributed by atoms with E-state index in [1.165, 1.54) is 12.8 Å². The summed E-state index contributed by atoms with van der Waals surface area (Å²) in [6.45, 7) is 2.85. The second-order valence-corrected chi connectivity index (χ2v) is 5.84. The van der Waals surface area contributed by atoms with E-state index in [-0.39, 0.29) is 5.91 Å². The smallest absolute Gasteiger partial charge is 0.271 e. The van der Waals surface area contributed by atoms with Crippen LogP contribution in [-0.4, -0.2) is 18.7 Å². The Morgan fingerprint density at radius 2 is 1.92 bits per heavy atom. The van der Waals surface area contributed by atoms with Gasteiger partial charge in [-0.1, -0.05) is 38.3 Å². The first-order valence-electron chi connectivity index (χ1n) is 8.80. The quantitative estimate of drug-likeness (QED) is 0.417. The van der Waals surface area contributed by atoms with Gasteiger partial charge in [-0.15, -0.1) is 0 Å². The first-order chi connectivity index (χ1) is 12.7. The second-order valence-electron chi connectivity index (χ2n) is 5.84. The van der Waals surface area contributed by atoms with Crippen LogP contribution in [0, 0.1) is 11.3 Å². The largest absolute Gasteiger partial charge is 0.493 e. The van der Waals surface area contributed by atoms with Gasteiger partial charge in [-0.2, -0.15) is 10.4 Å². The van der Waals surface area contributed by atoms with Gasteiger partial charge >= 0.3 is 0 Å². The van der Waals surface area contributed by atoms with Gasteiger partial charge in [0.15, 0.2) is 0 Å². The zero-order valence-electron chi connectivity index (χ0n) is 14.9. The van der Waals surface area contributed by atoms with Crippen LogP contribution in [0.2, 0.25) is 0 Å². The second kappa shape index (κ2) is 10.7. The molecule has 0 aliphatic heterocycles. The number of unbranched alkanes of at least 4 members (excludes halogenated alkanes) is 3. The molecule has 0 bridgehead atoms. The molecule has 0 spiro atoms. The Balaban J connectivity index is 1.90. The minimum atomic E-state index is -0.330. The molecule has 1 amide bonds. The lowest BCUT2D eigenvalue weighted by molar-refractivity contribution is 0.0955. The third-order valence-electron chi connectivity index (χ3n) is 3.82. The number of para-hydroxylation sites is 1. The first kappa shape index (κ1) is 19.2. The highest BCUT2D eigenvalue weighted by Gasteiger charge is 2.04. The van der Waals surface area contributed by atoms with Crippen molar-refractivity contribution in [1.29, 1.82) is 5.26 Å². The van der Waals surface area contributed by atoms with Crippen LogP contribution in [-0.2, 0) is 0 Å². The number of nitriles is 1. The normalized spacial score (nSPS) is 10.5. The van der Waals surface area contributed by atoms with Crippen molar-refractivity contribution >= 4 is 12.1 Å². The van der Waals surface area contributed by atoms with E-state index in [0.29, 0.717) is 17.7 Å². The Labute approximate surface area is 154 Å². The van der Waals surface area contributed by atoms with Gasteiger partial charge in [0.2, 0.25) is 0 Å². The Hall–Kier alpha value is -3.13. The number of amides is 1. The number of hydrazone groups is 1. The van der Waals surface area contributed by atoms with Gasteiger partial charge < -0.3 is 4.74 Å². The molecule has 0 saturated carbocycles. The fourth-order valence-electron chi connectivity index (χ4n) is 2.35. The van der Waals surface area contributed by atoms with Gasteiger partial charge in [-0.25, -0.2) is 5.43 Å². The van der Waals surface area contributed by atoms with E-state index in [1.807, 2.05) is 30.3 Å². The Bertz CT molecular complexity index is 777. The molecule has 0 fully saturated rings. The fraction of sp³-hybridized carbons (Fsp3) is 0.286. The van der Waals surface area contributed by atoms with Crippen LogP contribution in [0.4, 0.5) is 0 Å². The molecule has 2 aromatic carbocycles. The van der Waals surface area contributed by atoms with Crippen molar-refractivity contribution in [2.24, 2.45) is 5.10 Å². The number of hydrogen-bond acceptors (Lipinski definition) is 4. The summed E-state index contributed by atoms with van der Waals surface area (Å²) in [5.41, 5.74) is 4.25. The van der Waals surface area contributed by atoms with Gasteiger partial charge in [-0.05, 0) is 42.8 Å². The summed E-state index contributed by atoms with van der Waals surface area (Å²) in [4.78, 5) is 12.1. The van der Waals surface area contributed by atoms with Crippen molar-refractivity contribution in [3.8, 4) is 11.8 Å². The molecule has 0 aliphatic rings. The zero-order chi connectivity index (χ0) is 18.6. The summed E-state index contributed by atoms with van der Waals surface area (Å²) < 4.78 is 5.82. The fourth-order valence-corrected chi connectivity index (χ4v) is 2.35. The lowest BCUT2D eigenvalue weighted by Crippen LogP contribution is -2.17. The standard InChI is InChI=1S/C21H23N3O2/c1-2-3-4-7-14-26-20-9-6-5-8-19(20)16-23-24-21(25)18-12-10-17(15-22)11-13-18/h5-6,8-13,16H,2-4,7,14H2,1H3,(H,24,25)/b23-16-. The van der Waals surface area contributed by atoms with Crippen LogP contribution in [0.3, 0.4) is 0 Å². The molecule has 0 saturated heterocycles. The molecule has 5 nitrogen and oxygen atoms in total. The molecule has 0 radical (unpaired) electrons. The lowest BCUT2D eigenvalue weighted by atomic mass is 10.1. The Kier molecular flexibility index (Phi) is 7.88. The van der Waals surface area contributed by atoms with Crippen molar-refractivity contribution in [3.05, 3.63) is 65.2 Å². The highest BCUT2D eigenvalue weighted by atomic mass is 16.5. The average Bonchev–Trinajstić information content (AvgIpc) is 2.69. The molecule has 0 unspecified atom stereocenters. The third kappa shape index (κ3) is 6.06. The van der Waals surface area contributed by atoms with Crippen LogP contribution in [0.1, 0.15) is 54.1 Å². The average molecular weight is 349 g/mol. The molecule has 0 aliphatic carbocycles. The molecule has 134 valence electrons. The minimum absolute atomic E-state index is 0.330. The first-order valence-corrected chi connectivity index (χ1v) is 8.80. The van der Waals surface area contributed by atoms with Gasteiger partial charge in [0, 0.05) is 11.1 Å². The van der Waals surface area contributed by atoms with Gasteiger partial charge in [0.05, 0.1) is 24.5 Å². The van der Waals surface area contributed by atoms with Crippen molar-refractivity contribution in [3.63, 3.8) is 0 Å². The number of hydrogen-bond donors (Lipinski definition) is 1. The van der Waals surface area contributed by atoms with Crippen LogP contribution in [0.5, 0.6) is 5.75 Å². The van der Waals surface area contributed by atoms with Crippen molar-refractivity contribution in [1.82, 2.24) is 5.43 Å². The molecule has 26 heavy (non-hydrogen) atoms. The molecular weight excluding hydrogens is 326 g/mol. The van der Waals surface area contributed by atoms with E-state index in [9.17, 15) is 4.79 Å². The number of carbonyl (C=O) groups excluding carboxylic acids is 1. The van der Waals surface area contributed by atoms with Crippen LogP contribution < -0.4 is 10.2 Å². The summed E-state index contributed by atoms with van der Waals surface area (Å²) in [7, 11) is 0. The number of nitrogens with one attached hydrogen (secondary N) is 1. The number of rotatable bonds is 9. The zero-order valence-corrected chi connectivity index (χ0v) is 14.9. The Morgan fingerprint density at radius 3 is 2.65 bits per heavy atom. The maximum atomic E-state index is 12.1. The molecule has 0 heterocycles. The van der Waals surface area contributed by atoms with Gasteiger partial charge in [-0.3, -0.25) is 4.79 Å². The SMILES string of the molecule is CCCCCCOc1ccccc1/C=N\NC(=O)c1ccc(C#N)cc1. The summed E-state index contributed by atoms with van der Waals surface area (Å²) in [5, 5.41) is 12.8. The van der Waals surface area contributed by atoms with E-state index in [0.717, 1.165) is 24.2 Å².